The zero-order valence-electron chi connectivity index (χ0n) is 10.3. The van der Waals surface area contributed by atoms with Gasteiger partial charge in [0.05, 0.1) is 0 Å². The van der Waals surface area contributed by atoms with Crippen LogP contribution >= 0.6 is 28.3 Å². The standard InChI is InChI=1S/C13H17BrN2O.ClH/c1-8-6-10(14)4-5-11(8)13(17)16-12(7-15)9-2-3-9;/h4-6,9,12H,2-3,7,15H2,1H3,(H,16,17);1H. The molecule has 0 bridgehead atoms. The first kappa shape index (κ1) is 15.5. The molecule has 0 spiro atoms. The largest absolute Gasteiger partial charge is 0.348 e. The fourth-order valence-corrected chi connectivity index (χ4v) is 2.47. The molecule has 1 aliphatic carbocycles. The molecule has 1 fully saturated rings. The van der Waals surface area contributed by atoms with E-state index in [9.17, 15) is 4.79 Å². The van der Waals surface area contributed by atoms with Gasteiger partial charge in [-0.1, -0.05) is 15.9 Å². The minimum Gasteiger partial charge on any atom is -0.348 e. The number of rotatable bonds is 4. The lowest BCUT2D eigenvalue weighted by atomic mass is 10.1. The molecule has 1 amide bonds. The fraction of sp³-hybridized carbons (Fsp3) is 0.462. The van der Waals surface area contributed by atoms with Gasteiger partial charge in [0, 0.05) is 22.6 Å². The minimum absolute atomic E-state index is 0. The Labute approximate surface area is 122 Å². The molecule has 2 rings (SSSR count). The molecule has 3 nitrogen and oxygen atoms in total. The van der Waals surface area contributed by atoms with Gasteiger partial charge in [-0.15, -0.1) is 12.4 Å². The Morgan fingerprint density at radius 2 is 2.22 bits per heavy atom. The average molecular weight is 334 g/mol. The lowest BCUT2D eigenvalue weighted by Crippen LogP contribution is -2.41. The van der Waals surface area contributed by atoms with Crippen LogP contribution in [0.4, 0.5) is 0 Å². The number of hydrogen-bond donors (Lipinski definition) is 2. The quantitative estimate of drug-likeness (QED) is 0.890. The first-order valence-electron chi connectivity index (χ1n) is 5.89. The fourth-order valence-electron chi connectivity index (χ4n) is 2.00. The Kier molecular flexibility index (Phi) is 5.63. The predicted octanol–water partition coefficient (Wildman–Crippen LogP) is 2.65. The van der Waals surface area contributed by atoms with Crippen molar-refractivity contribution in [2.45, 2.75) is 25.8 Å². The van der Waals surface area contributed by atoms with Crippen molar-refractivity contribution in [2.75, 3.05) is 6.54 Å². The van der Waals surface area contributed by atoms with Gasteiger partial charge in [0.25, 0.3) is 5.91 Å². The molecule has 1 aromatic carbocycles. The van der Waals surface area contributed by atoms with Gasteiger partial charge in [0.1, 0.15) is 0 Å². The Hall–Kier alpha value is -0.580. The zero-order valence-corrected chi connectivity index (χ0v) is 12.7. The van der Waals surface area contributed by atoms with E-state index < -0.39 is 0 Å². The van der Waals surface area contributed by atoms with Crippen molar-refractivity contribution < 1.29 is 4.79 Å². The van der Waals surface area contributed by atoms with E-state index in [1.807, 2.05) is 25.1 Å². The highest BCUT2D eigenvalue weighted by atomic mass is 79.9. The van der Waals surface area contributed by atoms with Gasteiger partial charge in [-0.05, 0) is 49.4 Å². The summed E-state index contributed by atoms with van der Waals surface area (Å²) in [7, 11) is 0. The number of amides is 1. The minimum atomic E-state index is -0.0163. The maximum atomic E-state index is 12.1. The Balaban J connectivity index is 0.00000162. The van der Waals surface area contributed by atoms with Gasteiger partial charge in [0.15, 0.2) is 0 Å². The van der Waals surface area contributed by atoms with Crippen molar-refractivity contribution in [1.82, 2.24) is 5.32 Å². The van der Waals surface area contributed by atoms with Crippen LogP contribution in [0.5, 0.6) is 0 Å². The van der Waals surface area contributed by atoms with Gasteiger partial charge < -0.3 is 11.1 Å². The molecule has 0 radical (unpaired) electrons. The van der Waals surface area contributed by atoms with Gasteiger partial charge in [-0.25, -0.2) is 0 Å². The van der Waals surface area contributed by atoms with Crippen LogP contribution in [0.25, 0.3) is 0 Å². The Morgan fingerprint density at radius 3 is 2.72 bits per heavy atom. The molecule has 0 aromatic heterocycles. The van der Waals surface area contributed by atoms with Gasteiger partial charge >= 0.3 is 0 Å². The molecule has 1 aliphatic rings. The second-order valence-corrected chi connectivity index (χ2v) is 5.53. The number of aryl methyl sites for hydroxylation is 1. The van der Waals surface area contributed by atoms with Crippen LogP contribution in [-0.4, -0.2) is 18.5 Å². The van der Waals surface area contributed by atoms with E-state index in [-0.39, 0.29) is 24.4 Å². The average Bonchev–Trinajstić information content (AvgIpc) is 3.09. The maximum Gasteiger partial charge on any atom is 0.251 e. The summed E-state index contributed by atoms with van der Waals surface area (Å²) in [6, 6.07) is 5.81. The van der Waals surface area contributed by atoms with E-state index in [1.165, 1.54) is 12.8 Å². The monoisotopic (exact) mass is 332 g/mol. The number of nitrogens with one attached hydrogen (secondary N) is 1. The van der Waals surface area contributed by atoms with Crippen molar-refractivity contribution in [3.8, 4) is 0 Å². The summed E-state index contributed by atoms with van der Waals surface area (Å²) in [6.07, 6.45) is 2.36. The molecular formula is C13H18BrClN2O. The van der Waals surface area contributed by atoms with Crippen LogP contribution in [0.2, 0.25) is 0 Å². The smallest absolute Gasteiger partial charge is 0.251 e. The van der Waals surface area contributed by atoms with Gasteiger partial charge in [-0.3, -0.25) is 4.79 Å². The molecule has 1 aromatic rings. The molecule has 0 aliphatic heterocycles. The normalized spacial score (nSPS) is 15.7. The summed E-state index contributed by atoms with van der Waals surface area (Å²) < 4.78 is 0.990. The maximum absolute atomic E-state index is 12.1. The molecular weight excluding hydrogens is 316 g/mol. The lowest BCUT2D eigenvalue weighted by molar-refractivity contribution is 0.0933. The Morgan fingerprint density at radius 1 is 1.56 bits per heavy atom. The molecule has 1 atom stereocenters. The van der Waals surface area contributed by atoms with Crippen LogP contribution in [-0.2, 0) is 0 Å². The van der Waals surface area contributed by atoms with E-state index in [0.29, 0.717) is 12.5 Å². The first-order valence-corrected chi connectivity index (χ1v) is 6.68. The molecule has 5 heteroatoms. The summed E-state index contributed by atoms with van der Waals surface area (Å²) >= 11 is 3.39. The number of nitrogens with two attached hydrogens (primary N) is 1. The molecule has 1 unspecified atom stereocenters. The lowest BCUT2D eigenvalue weighted by Gasteiger charge is -2.16. The number of carbonyl (C=O) groups is 1. The molecule has 0 saturated heterocycles. The molecule has 0 heterocycles. The highest BCUT2D eigenvalue weighted by Crippen LogP contribution is 2.32. The summed E-state index contributed by atoms with van der Waals surface area (Å²) in [5.74, 6) is 0.567. The van der Waals surface area contributed by atoms with Crippen molar-refractivity contribution in [2.24, 2.45) is 11.7 Å². The SMILES string of the molecule is Cc1cc(Br)ccc1C(=O)NC(CN)C1CC1.Cl. The topological polar surface area (TPSA) is 55.1 Å². The third-order valence-electron chi connectivity index (χ3n) is 3.19. The number of benzene rings is 1. The van der Waals surface area contributed by atoms with Crippen LogP contribution in [0.15, 0.2) is 22.7 Å². The summed E-state index contributed by atoms with van der Waals surface area (Å²) in [4.78, 5) is 12.1. The first-order chi connectivity index (χ1) is 8.11. The van der Waals surface area contributed by atoms with Crippen LogP contribution in [0.1, 0.15) is 28.8 Å². The zero-order chi connectivity index (χ0) is 12.4. The number of carbonyl (C=O) groups excluding carboxylic acids is 1. The second-order valence-electron chi connectivity index (χ2n) is 4.61. The van der Waals surface area contributed by atoms with Crippen molar-refractivity contribution in [3.05, 3.63) is 33.8 Å². The van der Waals surface area contributed by atoms with E-state index in [0.717, 1.165) is 15.6 Å². The van der Waals surface area contributed by atoms with E-state index in [1.54, 1.807) is 0 Å². The molecule has 18 heavy (non-hydrogen) atoms. The molecule has 3 N–H and O–H groups in total. The second kappa shape index (κ2) is 6.55. The Bertz CT molecular complexity index is 435. The van der Waals surface area contributed by atoms with Crippen LogP contribution in [0, 0.1) is 12.8 Å². The van der Waals surface area contributed by atoms with E-state index in [2.05, 4.69) is 21.2 Å². The highest BCUT2D eigenvalue weighted by molar-refractivity contribution is 9.10. The van der Waals surface area contributed by atoms with E-state index >= 15 is 0 Å². The third kappa shape index (κ3) is 3.70. The predicted molar refractivity (Wildman–Crippen MR) is 79.2 cm³/mol. The van der Waals surface area contributed by atoms with E-state index in [4.69, 9.17) is 5.73 Å². The van der Waals surface area contributed by atoms with Gasteiger partial charge in [-0.2, -0.15) is 0 Å². The molecule has 1 saturated carbocycles. The highest BCUT2D eigenvalue weighted by Gasteiger charge is 2.31. The summed E-state index contributed by atoms with van der Waals surface area (Å²) in [5, 5.41) is 3.03. The summed E-state index contributed by atoms with van der Waals surface area (Å²) in [6.45, 7) is 2.46. The van der Waals surface area contributed by atoms with Crippen molar-refractivity contribution in [3.63, 3.8) is 0 Å². The third-order valence-corrected chi connectivity index (χ3v) is 3.69. The van der Waals surface area contributed by atoms with Crippen molar-refractivity contribution in [1.29, 1.82) is 0 Å². The number of hydrogen-bond acceptors (Lipinski definition) is 2. The number of halogens is 2. The van der Waals surface area contributed by atoms with Crippen molar-refractivity contribution >= 4 is 34.2 Å². The van der Waals surface area contributed by atoms with Crippen LogP contribution in [0.3, 0.4) is 0 Å². The van der Waals surface area contributed by atoms with Gasteiger partial charge in [0.2, 0.25) is 0 Å². The van der Waals surface area contributed by atoms with Crippen LogP contribution < -0.4 is 11.1 Å². The molecule has 100 valence electrons. The summed E-state index contributed by atoms with van der Waals surface area (Å²) in [5.41, 5.74) is 7.38.